The second-order valence-electron chi connectivity index (χ2n) is 5.25. The first-order chi connectivity index (χ1) is 9.90. The lowest BCUT2D eigenvalue weighted by Crippen LogP contribution is -2.42. The highest BCUT2D eigenvalue weighted by Gasteiger charge is 2.38. The molecule has 0 spiro atoms. The van der Waals surface area contributed by atoms with Crippen LogP contribution >= 0.6 is 0 Å². The topological polar surface area (TPSA) is 72.9 Å². The summed E-state index contributed by atoms with van der Waals surface area (Å²) in [5.74, 6) is -1.79. The molecule has 1 aliphatic heterocycles. The largest absolute Gasteiger partial charge is 0.364 e. The number of nitrogens with zero attached hydrogens (tertiary/aromatic N) is 1. The lowest BCUT2D eigenvalue weighted by atomic mass is 10.1. The Bertz CT molecular complexity index is 536. The first-order valence-corrected chi connectivity index (χ1v) is 6.66. The number of hydrogen-bond donors (Lipinski definition) is 0. The van der Waals surface area contributed by atoms with Gasteiger partial charge in [0.25, 0.3) is 11.8 Å². The Hall–Kier alpha value is -2.21. The van der Waals surface area contributed by atoms with E-state index in [1.807, 2.05) is 30.3 Å². The standard InChI is InChI=1S/C15H17NO5/c1-15(2,20-10-11-6-4-3-5-7-11)14(19)21-16-12(17)8-9-13(16)18/h3-7H,8-10H2,1-2H3. The van der Waals surface area contributed by atoms with E-state index in [2.05, 4.69) is 0 Å². The zero-order chi connectivity index (χ0) is 15.5. The number of carbonyl (C=O) groups excluding carboxylic acids is 3. The first-order valence-electron chi connectivity index (χ1n) is 6.66. The van der Waals surface area contributed by atoms with Crippen LogP contribution in [0.4, 0.5) is 0 Å². The van der Waals surface area contributed by atoms with Gasteiger partial charge in [0.1, 0.15) is 0 Å². The molecule has 0 aromatic heterocycles. The number of hydroxylamine groups is 2. The predicted molar refractivity (Wildman–Crippen MR) is 72.5 cm³/mol. The molecule has 112 valence electrons. The summed E-state index contributed by atoms with van der Waals surface area (Å²) >= 11 is 0. The quantitative estimate of drug-likeness (QED) is 0.770. The van der Waals surface area contributed by atoms with Crippen LogP contribution in [0, 0.1) is 0 Å². The maximum Gasteiger partial charge on any atom is 0.364 e. The van der Waals surface area contributed by atoms with Crippen molar-refractivity contribution >= 4 is 17.8 Å². The van der Waals surface area contributed by atoms with E-state index >= 15 is 0 Å². The summed E-state index contributed by atoms with van der Waals surface area (Å²) < 4.78 is 5.53. The van der Waals surface area contributed by atoms with E-state index in [1.54, 1.807) is 0 Å². The van der Waals surface area contributed by atoms with Gasteiger partial charge in [0, 0.05) is 12.8 Å². The van der Waals surface area contributed by atoms with Crippen LogP contribution in [0.3, 0.4) is 0 Å². The van der Waals surface area contributed by atoms with Gasteiger partial charge in [0.05, 0.1) is 6.61 Å². The van der Waals surface area contributed by atoms with Crippen LogP contribution in [0.5, 0.6) is 0 Å². The van der Waals surface area contributed by atoms with E-state index in [1.165, 1.54) is 13.8 Å². The van der Waals surface area contributed by atoms with Crippen LogP contribution in [0.2, 0.25) is 0 Å². The van der Waals surface area contributed by atoms with Gasteiger partial charge >= 0.3 is 5.97 Å². The molecular formula is C15H17NO5. The summed E-state index contributed by atoms with van der Waals surface area (Å²) in [5.41, 5.74) is -0.356. The molecule has 0 bridgehead atoms. The Morgan fingerprint density at radius 1 is 1.14 bits per heavy atom. The zero-order valence-corrected chi connectivity index (χ0v) is 12.0. The molecule has 21 heavy (non-hydrogen) atoms. The second-order valence-corrected chi connectivity index (χ2v) is 5.25. The molecule has 2 amide bonds. The van der Waals surface area contributed by atoms with Gasteiger partial charge in [-0.15, -0.1) is 5.06 Å². The molecule has 0 N–H and O–H groups in total. The third-order valence-electron chi connectivity index (χ3n) is 3.11. The first kappa shape index (κ1) is 15.2. The Labute approximate surface area is 122 Å². The molecule has 0 atom stereocenters. The van der Waals surface area contributed by atoms with Gasteiger partial charge in [-0.05, 0) is 19.4 Å². The Morgan fingerprint density at radius 3 is 2.29 bits per heavy atom. The van der Waals surface area contributed by atoms with Crippen LogP contribution in [-0.4, -0.2) is 28.4 Å². The fraction of sp³-hybridized carbons (Fsp3) is 0.400. The van der Waals surface area contributed by atoms with Crippen LogP contribution in [-0.2, 0) is 30.6 Å². The maximum atomic E-state index is 12.0. The maximum absolute atomic E-state index is 12.0. The second kappa shape index (κ2) is 6.05. The average molecular weight is 291 g/mol. The van der Waals surface area contributed by atoms with Gasteiger partial charge < -0.3 is 9.57 Å². The third kappa shape index (κ3) is 3.66. The minimum Gasteiger partial charge on any atom is -0.359 e. The van der Waals surface area contributed by atoms with Crippen LogP contribution in [0.25, 0.3) is 0 Å². The molecule has 6 nitrogen and oxygen atoms in total. The average Bonchev–Trinajstić information content (AvgIpc) is 2.78. The van der Waals surface area contributed by atoms with Crippen molar-refractivity contribution in [3.63, 3.8) is 0 Å². The third-order valence-corrected chi connectivity index (χ3v) is 3.11. The minimum atomic E-state index is -1.26. The van der Waals surface area contributed by atoms with Gasteiger partial charge in [-0.3, -0.25) is 9.59 Å². The van der Waals surface area contributed by atoms with E-state index in [0.29, 0.717) is 5.06 Å². The molecule has 0 aliphatic carbocycles. The summed E-state index contributed by atoms with van der Waals surface area (Å²) in [6.07, 6.45) is 0.134. The molecule has 0 saturated carbocycles. The molecule has 0 unspecified atom stereocenters. The predicted octanol–water partition coefficient (Wildman–Crippen LogP) is 1.59. The Kier molecular flexibility index (Phi) is 4.37. The Balaban J connectivity index is 1.93. The van der Waals surface area contributed by atoms with Crippen molar-refractivity contribution in [1.82, 2.24) is 5.06 Å². The monoisotopic (exact) mass is 291 g/mol. The lowest BCUT2D eigenvalue weighted by Gasteiger charge is -2.24. The number of amides is 2. The van der Waals surface area contributed by atoms with E-state index in [4.69, 9.17) is 9.57 Å². The van der Waals surface area contributed by atoms with E-state index < -0.39 is 23.4 Å². The highest BCUT2D eigenvalue weighted by atomic mass is 16.7. The smallest absolute Gasteiger partial charge is 0.359 e. The summed E-state index contributed by atoms with van der Waals surface area (Å²) in [5, 5.41) is 0.524. The lowest BCUT2D eigenvalue weighted by molar-refractivity contribution is -0.212. The SMILES string of the molecule is CC(C)(OCc1ccccc1)C(=O)ON1C(=O)CCC1=O. The van der Waals surface area contributed by atoms with Crippen molar-refractivity contribution < 1.29 is 24.0 Å². The number of hydrogen-bond acceptors (Lipinski definition) is 5. The van der Waals surface area contributed by atoms with E-state index in [-0.39, 0.29) is 19.4 Å². The Morgan fingerprint density at radius 2 is 1.71 bits per heavy atom. The van der Waals surface area contributed by atoms with E-state index in [0.717, 1.165) is 5.56 Å². The van der Waals surface area contributed by atoms with Crippen molar-refractivity contribution in [2.75, 3.05) is 0 Å². The number of benzene rings is 1. The molecule has 1 saturated heterocycles. The van der Waals surface area contributed by atoms with Gasteiger partial charge in [-0.25, -0.2) is 4.79 Å². The van der Waals surface area contributed by atoms with Crippen molar-refractivity contribution in [2.24, 2.45) is 0 Å². The molecule has 0 radical (unpaired) electrons. The summed E-state index contributed by atoms with van der Waals surface area (Å²) in [6.45, 7) is 3.29. The molecule has 1 fully saturated rings. The number of imide groups is 1. The van der Waals surface area contributed by atoms with Gasteiger partial charge in [0.2, 0.25) is 0 Å². The van der Waals surface area contributed by atoms with Gasteiger partial charge in [0.15, 0.2) is 5.60 Å². The number of ether oxygens (including phenoxy) is 1. The summed E-state index contributed by atoms with van der Waals surface area (Å²) in [6, 6.07) is 9.36. The fourth-order valence-electron chi connectivity index (χ4n) is 1.75. The van der Waals surface area contributed by atoms with Crippen molar-refractivity contribution in [3.05, 3.63) is 35.9 Å². The van der Waals surface area contributed by atoms with E-state index in [9.17, 15) is 14.4 Å². The van der Waals surface area contributed by atoms with Crippen molar-refractivity contribution in [1.29, 1.82) is 0 Å². The number of carbonyl (C=O) groups is 3. The minimum absolute atomic E-state index is 0.0669. The van der Waals surface area contributed by atoms with Crippen LogP contribution in [0.1, 0.15) is 32.3 Å². The van der Waals surface area contributed by atoms with Crippen molar-refractivity contribution in [2.45, 2.75) is 38.9 Å². The number of rotatable bonds is 5. The molecule has 1 aromatic rings. The normalized spacial score (nSPS) is 15.4. The van der Waals surface area contributed by atoms with Gasteiger partial charge in [-0.1, -0.05) is 30.3 Å². The molecule has 1 aromatic carbocycles. The molecular weight excluding hydrogens is 274 g/mol. The zero-order valence-electron chi connectivity index (χ0n) is 12.0. The summed E-state index contributed by atoms with van der Waals surface area (Å²) in [7, 11) is 0. The molecule has 6 heteroatoms. The van der Waals surface area contributed by atoms with Gasteiger partial charge in [-0.2, -0.15) is 0 Å². The highest BCUT2D eigenvalue weighted by molar-refractivity contribution is 6.01. The van der Waals surface area contributed by atoms with Crippen molar-refractivity contribution in [3.8, 4) is 0 Å². The summed E-state index contributed by atoms with van der Waals surface area (Å²) in [4.78, 5) is 39.7. The van der Waals surface area contributed by atoms with Crippen LogP contribution in [0.15, 0.2) is 30.3 Å². The highest BCUT2D eigenvalue weighted by Crippen LogP contribution is 2.19. The van der Waals surface area contributed by atoms with Crippen LogP contribution < -0.4 is 0 Å². The fourth-order valence-corrected chi connectivity index (χ4v) is 1.75. The molecule has 2 rings (SSSR count). The molecule has 1 heterocycles. The molecule has 1 aliphatic rings.